The number of benzene rings is 2. The summed E-state index contributed by atoms with van der Waals surface area (Å²) in [5, 5.41) is 37.6. The van der Waals surface area contributed by atoms with Crippen LogP contribution in [0.2, 0.25) is 0 Å². The number of nitrogens with one attached hydrogen (secondary N) is 1. The minimum Gasteiger partial charge on any atom is -0.505 e. The van der Waals surface area contributed by atoms with E-state index in [1.807, 2.05) is 27.7 Å². The van der Waals surface area contributed by atoms with Gasteiger partial charge in [0.2, 0.25) is 0 Å². The summed E-state index contributed by atoms with van der Waals surface area (Å²) in [5.74, 6) is -5.90. The summed E-state index contributed by atoms with van der Waals surface area (Å²) in [7, 11) is 2.76. The van der Waals surface area contributed by atoms with Crippen LogP contribution in [-0.2, 0) is 19.0 Å². The summed E-state index contributed by atoms with van der Waals surface area (Å²) < 4.78 is 29.5. The third kappa shape index (κ3) is 8.44. The second-order valence-electron chi connectivity index (χ2n) is 16.3. The number of ether oxygens (including phenoxy) is 5. The average Bonchev–Trinajstić information content (AvgIpc) is 3.70. The smallest absolute Gasteiger partial charge is 0.336 e. The van der Waals surface area contributed by atoms with Gasteiger partial charge in [0.15, 0.2) is 11.4 Å². The molecule has 0 saturated carbocycles. The fourth-order valence-electron chi connectivity index (χ4n) is 7.73. The number of rotatable bonds is 16. The summed E-state index contributed by atoms with van der Waals surface area (Å²) in [6.07, 6.45) is 9.09. The van der Waals surface area contributed by atoms with Gasteiger partial charge in [-0.25, -0.2) is 0 Å². The Morgan fingerprint density at radius 1 is 1.12 bits per heavy atom. The van der Waals surface area contributed by atoms with Crippen molar-refractivity contribution in [1.29, 1.82) is 0 Å². The van der Waals surface area contributed by atoms with Crippen LogP contribution < -0.4 is 25.5 Å². The molecule has 14 heteroatoms. The van der Waals surface area contributed by atoms with Gasteiger partial charge < -0.3 is 49.2 Å². The molecule has 58 heavy (non-hydrogen) atoms. The highest BCUT2D eigenvalue weighted by atomic mass is 16.8. The van der Waals surface area contributed by atoms with E-state index in [9.17, 15) is 24.9 Å². The molecule has 2 aromatic carbocycles. The number of methoxy groups -OCH3 is 2. The van der Waals surface area contributed by atoms with Gasteiger partial charge in [-0.15, -0.1) is 0 Å². The first-order valence-corrected chi connectivity index (χ1v) is 19.9. The Morgan fingerprint density at radius 3 is 2.34 bits per heavy atom. The van der Waals surface area contributed by atoms with E-state index in [4.69, 9.17) is 33.7 Å². The lowest BCUT2D eigenvalue weighted by Gasteiger charge is -2.36. The van der Waals surface area contributed by atoms with Gasteiger partial charge >= 0.3 is 11.8 Å². The molecular weight excluding hydrogens is 745 g/mol. The number of piperidine rings is 1. The number of phenols is 1. The molecule has 0 radical (unpaired) electrons. The fraction of sp³-hybridized carbons (Fsp3) is 0.545. The molecule has 5 rings (SSSR count). The van der Waals surface area contributed by atoms with Crippen LogP contribution in [0.5, 0.6) is 17.2 Å². The van der Waals surface area contributed by atoms with Gasteiger partial charge in [-0.3, -0.25) is 19.6 Å². The quantitative estimate of drug-likeness (QED) is 0.0428. The van der Waals surface area contributed by atoms with E-state index in [0.717, 1.165) is 6.54 Å². The largest absolute Gasteiger partial charge is 0.505 e. The van der Waals surface area contributed by atoms with E-state index in [-0.39, 0.29) is 61.6 Å². The van der Waals surface area contributed by atoms with Gasteiger partial charge in [-0.1, -0.05) is 59.4 Å². The molecule has 14 nitrogen and oxygen atoms in total. The normalized spacial score (nSPS) is 21.8. The van der Waals surface area contributed by atoms with Crippen LogP contribution in [0, 0.1) is 24.7 Å². The first-order chi connectivity index (χ1) is 27.3. The Balaban J connectivity index is 1.79. The molecule has 5 atom stereocenters. The van der Waals surface area contributed by atoms with Crippen molar-refractivity contribution in [2.24, 2.45) is 27.7 Å². The molecule has 1 spiro atoms. The number of phenolic OH excluding ortho intramolecular Hbond substituents is 1. The number of anilines is 1. The third-order valence-corrected chi connectivity index (χ3v) is 11.1. The van der Waals surface area contributed by atoms with Crippen LogP contribution in [0.1, 0.15) is 84.2 Å². The van der Waals surface area contributed by atoms with Crippen molar-refractivity contribution in [2.45, 2.75) is 105 Å². The van der Waals surface area contributed by atoms with Crippen molar-refractivity contribution < 1.29 is 48.6 Å². The molecule has 3 aliphatic rings. The number of likely N-dealkylation sites (tertiary alicyclic amines) is 1. The van der Waals surface area contributed by atoms with Crippen molar-refractivity contribution in [2.75, 3.05) is 39.2 Å². The van der Waals surface area contributed by atoms with Crippen LogP contribution in [-0.4, -0.2) is 95.4 Å². The molecule has 0 aromatic heterocycles. The van der Waals surface area contributed by atoms with Crippen molar-refractivity contribution in [1.82, 2.24) is 4.90 Å². The Bertz CT molecular complexity index is 2150. The highest BCUT2D eigenvalue weighted by Crippen LogP contribution is 2.51. The second-order valence-corrected chi connectivity index (χ2v) is 16.3. The summed E-state index contributed by atoms with van der Waals surface area (Å²) in [6, 6.07) is 0. The SMILES string of the molecule is C=C[C@]1(O/C=C/[C@H](OC)[C@@H](C)[C@@H](O)C(C)C)Oc2c(C)c(OC(C)(O)OC)c3c(O)c(NC(=O)/C(C)=C\C=C\C)c4c(c3c2C1=O)=NC1(CCN(CC(C)C)CC1)N=4. The molecule has 316 valence electrons. The molecule has 2 aromatic rings. The zero-order chi connectivity index (χ0) is 42.9. The summed E-state index contributed by atoms with van der Waals surface area (Å²) >= 11 is 0. The van der Waals surface area contributed by atoms with E-state index < -0.39 is 47.1 Å². The highest BCUT2D eigenvalue weighted by Gasteiger charge is 2.52. The van der Waals surface area contributed by atoms with Crippen LogP contribution in [0.25, 0.3) is 10.8 Å². The maximum absolute atomic E-state index is 14.9. The lowest BCUT2D eigenvalue weighted by molar-refractivity contribution is -0.294. The first kappa shape index (κ1) is 44.5. The molecule has 1 amide bonds. The van der Waals surface area contributed by atoms with Gasteiger partial charge in [-0.05, 0) is 38.7 Å². The Morgan fingerprint density at radius 2 is 1.78 bits per heavy atom. The van der Waals surface area contributed by atoms with E-state index in [0.29, 0.717) is 37.4 Å². The summed E-state index contributed by atoms with van der Waals surface area (Å²) in [6.45, 7) is 22.6. The van der Waals surface area contributed by atoms with Crippen molar-refractivity contribution >= 4 is 28.2 Å². The minimum atomic E-state index is -2.22. The van der Waals surface area contributed by atoms with Gasteiger partial charge in [0.1, 0.15) is 22.5 Å². The monoisotopic (exact) mass is 804 g/mol. The number of Topliss-reactive ketones (excluding diaryl/α,β-unsaturated/α-hetero) is 1. The van der Waals surface area contributed by atoms with Crippen LogP contribution >= 0.6 is 0 Å². The fourth-order valence-corrected chi connectivity index (χ4v) is 7.73. The molecule has 1 saturated heterocycles. The Kier molecular flexibility index (Phi) is 13.3. The van der Waals surface area contributed by atoms with Crippen molar-refractivity contribution in [3.63, 3.8) is 0 Å². The van der Waals surface area contributed by atoms with Crippen molar-refractivity contribution in [3.8, 4) is 17.2 Å². The zero-order valence-corrected chi connectivity index (χ0v) is 35.6. The van der Waals surface area contributed by atoms with Crippen LogP contribution in [0.15, 0.2) is 58.8 Å². The number of hydrogen-bond donors (Lipinski definition) is 4. The lowest BCUT2D eigenvalue weighted by atomic mass is 9.90. The molecule has 4 N–H and O–H groups in total. The predicted octanol–water partition coefficient (Wildman–Crippen LogP) is 5.36. The van der Waals surface area contributed by atoms with Gasteiger partial charge in [0.05, 0.1) is 34.8 Å². The molecule has 0 aliphatic carbocycles. The van der Waals surface area contributed by atoms with Crippen LogP contribution in [0.3, 0.4) is 0 Å². The number of ketones is 1. The molecule has 1 unspecified atom stereocenters. The number of hydrogen-bond acceptors (Lipinski definition) is 13. The van der Waals surface area contributed by atoms with Crippen molar-refractivity contribution in [3.05, 3.63) is 70.6 Å². The van der Waals surface area contributed by atoms with Gasteiger partial charge in [0, 0.05) is 82.1 Å². The predicted molar refractivity (Wildman–Crippen MR) is 220 cm³/mol. The second kappa shape index (κ2) is 17.3. The number of aliphatic hydroxyl groups excluding tert-OH is 1. The highest BCUT2D eigenvalue weighted by molar-refractivity contribution is 6.20. The maximum Gasteiger partial charge on any atom is 0.336 e. The van der Waals surface area contributed by atoms with E-state index in [1.54, 1.807) is 38.2 Å². The number of fused-ring (bicyclic) bond motifs is 5. The standard InChI is InChI=1S/C44H60N4O10/c1-13-15-16-26(7)41(52)45-35-34-33(46-43(47-34)18-20-48(21-19-43)23-24(3)4)30-31(37(35)50)38(57-42(10,53)55-12)28(9)39-32(30)40(51)44(14-2,58-39)56-22-17-29(54-11)27(8)36(49)25(5)6/h13-17,22,24-25,27,29,36,49-50,53H,2,18-21,23H2,1,3-12H3,(H,45,52)/b15-13+,22-17+,26-16-/t27-,29+,36+,42?,44+/m1/s1. The number of carbonyl (C=O) groups excluding carboxylic acids is 2. The van der Waals surface area contributed by atoms with E-state index in [2.05, 4.69) is 30.6 Å². The van der Waals surface area contributed by atoms with E-state index >= 15 is 0 Å². The Hall–Kier alpha value is -4.60. The third-order valence-electron chi connectivity index (χ3n) is 11.1. The average molecular weight is 805 g/mol. The lowest BCUT2D eigenvalue weighted by Crippen LogP contribution is -2.43. The van der Waals surface area contributed by atoms with Crippen LogP contribution in [0.4, 0.5) is 5.69 Å². The first-order valence-electron chi connectivity index (χ1n) is 19.9. The number of allylic oxidation sites excluding steroid dienone is 3. The van der Waals surface area contributed by atoms with Gasteiger partial charge in [-0.2, -0.15) is 0 Å². The number of nitrogens with zero attached hydrogens (tertiary/aromatic N) is 3. The molecule has 0 bridgehead atoms. The molecule has 3 aliphatic heterocycles. The number of aliphatic hydroxyl groups is 2. The summed E-state index contributed by atoms with van der Waals surface area (Å²) in [4.78, 5) is 41.4. The van der Waals surface area contributed by atoms with Gasteiger partial charge in [0.25, 0.3) is 11.7 Å². The molecular formula is C44H60N4O10. The minimum absolute atomic E-state index is 0.0129. The zero-order valence-electron chi connectivity index (χ0n) is 35.6. The number of carbonyl (C=O) groups is 2. The number of amides is 1. The maximum atomic E-state index is 14.9. The van der Waals surface area contributed by atoms with E-state index in [1.165, 1.54) is 33.5 Å². The number of aromatic hydroxyl groups is 1. The molecule has 3 heterocycles. The summed E-state index contributed by atoms with van der Waals surface area (Å²) in [5.41, 5.74) is -0.423. The molecule has 1 fully saturated rings. The topological polar surface area (TPSA) is 181 Å². The Labute approximate surface area is 340 Å².